The lowest BCUT2D eigenvalue weighted by atomic mass is 10.0. The number of hydrogen-bond acceptors (Lipinski definition) is 15. The first-order valence-electron chi connectivity index (χ1n) is 43.7. The van der Waals surface area contributed by atoms with E-state index in [2.05, 4.69) is 55.4 Å². The molecule has 104 heavy (non-hydrogen) atoms. The van der Waals surface area contributed by atoms with Crippen molar-refractivity contribution in [3.8, 4) is 0 Å². The molecule has 5 atom stereocenters. The molecule has 0 aliphatic rings. The zero-order valence-corrected chi connectivity index (χ0v) is 70.5. The van der Waals surface area contributed by atoms with Gasteiger partial charge >= 0.3 is 39.5 Å². The minimum absolute atomic E-state index is 0.107. The van der Waals surface area contributed by atoms with Gasteiger partial charge in [-0.2, -0.15) is 0 Å². The average Bonchev–Trinajstić information content (AvgIpc) is 0.906. The van der Waals surface area contributed by atoms with Gasteiger partial charge in [0.2, 0.25) is 0 Å². The molecule has 17 nitrogen and oxygen atoms in total. The molecular weight excluding hydrogens is 1350 g/mol. The third-order valence-electron chi connectivity index (χ3n) is 19.8. The van der Waals surface area contributed by atoms with Crippen LogP contribution in [0.3, 0.4) is 0 Å². The Morgan fingerprint density at radius 1 is 0.240 bits per heavy atom. The fraction of sp³-hybridized carbons (Fsp3) is 0.953. The molecule has 19 heteroatoms. The van der Waals surface area contributed by atoms with E-state index in [1.807, 2.05) is 0 Å². The molecule has 0 saturated carbocycles. The Balaban J connectivity index is 5.21. The second kappa shape index (κ2) is 73.8. The lowest BCUT2D eigenvalue weighted by Crippen LogP contribution is -2.30. The van der Waals surface area contributed by atoms with Crippen LogP contribution in [0.25, 0.3) is 0 Å². The molecule has 0 fully saturated rings. The molecule has 0 saturated heterocycles. The first kappa shape index (κ1) is 102. The SMILES string of the molecule is CC(C)CCCCCCCCCCCCCCCCCCC(=O)O[C@H](COC(=O)CCCCCCCCC(C)C)COP(=O)(O)OCC(O)COP(=O)(O)OC[C@@H](COC(=O)CCCCCCCCCCCCCCCCCC(C)C)OC(=O)CCCCCCCCCCCCCCCCCC(C)C. The van der Waals surface area contributed by atoms with Gasteiger partial charge in [0, 0.05) is 25.7 Å². The van der Waals surface area contributed by atoms with Gasteiger partial charge in [0.05, 0.1) is 26.4 Å². The van der Waals surface area contributed by atoms with Crippen LogP contribution < -0.4 is 0 Å². The van der Waals surface area contributed by atoms with Gasteiger partial charge in [0.1, 0.15) is 19.3 Å². The predicted molar refractivity (Wildman–Crippen MR) is 428 cm³/mol. The van der Waals surface area contributed by atoms with Crippen LogP contribution in [-0.2, 0) is 65.4 Å². The molecule has 0 aromatic heterocycles. The lowest BCUT2D eigenvalue weighted by molar-refractivity contribution is -0.161. The van der Waals surface area contributed by atoms with E-state index >= 15 is 0 Å². The van der Waals surface area contributed by atoms with E-state index in [1.54, 1.807) is 0 Å². The van der Waals surface area contributed by atoms with Crippen molar-refractivity contribution in [3.63, 3.8) is 0 Å². The molecule has 618 valence electrons. The van der Waals surface area contributed by atoms with Crippen LogP contribution in [0, 0.1) is 23.7 Å². The van der Waals surface area contributed by atoms with Crippen molar-refractivity contribution in [1.29, 1.82) is 0 Å². The molecule has 0 bridgehead atoms. The number of hydrogen-bond donors (Lipinski definition) is 3. The number of unbranched alkanes of at least 4 members (excludes halogenated alkanes) is 48. The van der Waals surface area contributed by atoms with Crippen LogP contribution in [0.15, 0.2) is 0 Å². The van der Waals surface area contributed by atoms with E-state index in [-0.39, 0.29) is 25.7 Å². The Morgan fingerprint density at radius 2 is 0.404 bits per heavy atom. The third-order valence-corrected chi connectivity index (χ3v) is 21.7. The first-order chi connectivity index (χ1) is 50.1. The van der Waals surface area contributed by atoms with Gasteiger partial charge in [-0.3, -0.25) is 37.3 Å². The van der Waals surface area contributed by atoms with E-state index in [0.29, 0.717) is 31.6 Å². The Morgan fingerprint density at radius 3 is 0.596 bits per heavy atom. The summed E-state index contributed by atoms with van der Waals surface area (Å²) in [7, 11) is -9.93. The summed E-state index contributed by atoms with van der Waals surface area (Å²) in [4.78, 5) is 73.1. The van der Waals surface area contributed by atoms with E-state index in [4.69, 9.17) is 37.0 Å². The minimum Gasteiger partial charge on any atom is -0.462 e. The maximum Gasteiger partial charge on any atom is 0.472 e. The van der Waals surface area contributed by atoms with Crippen LogP contribution in [0.4, 0.5) is 0 Å². The van der Waals surface area contributed by atoms with E-state index in [0.717, 1.165) is 114 Å². The quantitative estimate of drug-likeness (QED) is 0.0222. The van der Waals surface area contributed by atoms with Gasteiger partial charge in [-0.1, -0.05) is 389 Å². The van der Waals surface area contributed by atoms with E-state index < -0.39 is 97.5 Å². The van der Waals surface area contributed by atoms with Gasteiger partial charge in [-0.05, 0) is 49.4 Å². The highest BCUT2D eigenvalue weighted by Crippen LogP contribution is 2.45. The normalized spacial score (nSPS) is 14.0. The molecule has 0 heterocycles. The number of carbonyl (C=O) groups is 4. The fourth-order valence-corrected chi connectivity index (χ4v) is 14.7. The second-order valence-corrected chi connectivity index (χ2v) is 35.4. The van der Waals surface area contributed by atoms with Crippen molar-refractivity contribution in [1.82, 2.24) is 0 Å². The van der Waals surface area contributed by atoms with Crippen molar-refractivity contribution in [2.45, 2.75) is 459 Å². The molecule has 0 spiro atoms. The van der Waals surface area contributed by atoms with Crippen LogP contribution >= 0.6 is 15.6 Å². The molecule has 0 aliphatic heterocycles. The standard InChI is InChI=1S/C85H166O17P2/c1-75(2)61-53-45-37-31-25-19-13-9-10-16-23-29-35-41-51-59-68-85(90)102-81(72-96-83(88)66-58-50-44-43-48-56-64-78(7)8)74-100-104(93,94)98-70-79(86)69-97-103(91,92)99-73-80(101-84(89)67-60-52-42-36-30-24-18-12-15-21-27-33-39-47-55-63-77(5)6)71-95-82(87)65-57-49-40-34-28-22-17-11-14-20-26-32-38-46-54-62-76(3)4/h75-81,86H,9-74H2,1-8H3,(H,91,92)(H,93,94)/t79?,80-,81-/m1/s1. The van der Waals surface area contributed by atoms with Crippen molar-refractivity contribution in [2.24, 2.45) is 23.7 Å². The Bertz CT molecular complexity index is 2020. The Kier molecular flexibility index (Phi) is 72.5. The molecule has 0 amide bonds. The molecule has 3 N–H and O–H groups in total. The van der Waals surface area contributed by atoms with Gasteiger partial charge in [0.15, 0.2) is 12.2 Å². The van der Waals surface area contributed by atoms with Crippen LogP contribution in [0.1, 0.15) is 441 Å². The summed E-state index contributed by atoms with van der Waals surface area (Å²) in [5.74, 6) is 0.987. The van der Waals surface area contributed by atoms with E-state index in [1.165, 1.54) is 238 Å². The molecule has 0 radical (unpaired) electrons. The van der Waals surface area contributed by atoms with Crippen molar-refractivity contribution in [2.75, 3.05) is 39.6 Å². The fourth-order valence-electron chi connectivity index (χ4n) is 13.1. The van der Waals surface area contributed by atoms with Gasteiger partial charge < -0.3 is 33.8 Å². The number of aliphatic hydroxyl groups is 1. The molecule has 0 aromatic rings. The number of rotatable bonds is 82. The number of esters is 4. The average molecular weight is 1520 g/mol. The maximum atomic E-state index is 13.1. The first-order valence-corrected chi connectivity index (χ1v) is 46.7. The number of phosphoric acid groups is 2. The Hall–Kier alpha value is -1.94. The van der Waals surface area contributed by atoms with E-state index in [9.17, 15) is 43.2 Å². The molecular formula is C85H166O17P2. The monoisotopic (exact) mass is 1520 g/mol. The highest BCUT2D eigenvalue weighted by molar-refractivity contribution is 7.47. The largest absolute Gasteiger partial charge is 0.472 e. The predicted octanol–water partition coefficient (Wildman–Crippen LogP) is 25.6. The van der Waals surface area contributed by atoms with Gasteiger partial charge in [-0.15, -0.1) is 0 Å². The molecule has 0 aliphatic carbocycles. The highest BCUT2D eigenvalue weighted by Gasteiger charge is 2.30. The summed E-state index contributed by atoms with van der Waals surface area (Å²) in [6.45, 7) is 14.3. The molecule has 0 aromatic carbocycles. The summed E-state index contributed by atoms with van der Waals surface area (Å²) in [6, 6.07) is 0. The van der Waals surface area contributed by atoms with Crippen molar-refractivity contribution < 1.29 is 80.2 Å². The zero-order valence-electron chi connectivity index (χ0n) is 68.7. The molecule has 3 unspecified atom stereocenters. The van der Waals surface area contributed by atoms with Crippen LogP contribution in [0.2, 0.25) is 0 Å². The van der Waals surface area contributed by atoms with Crippen LogP contribution in [0.5, 0.6) is 0 Å². The summed E-state index contributed by atoms with van der Waals surface area (Å²) in [5.41, 5.74) is 0. The Labute approximate surface area is 638 Å². The van der Waals surface area contributed by atoms with Gasteiger partial charge in [0.25, 0.3) is 0 Å². The topological polar surface area (TPSA) is 237 Å². The lowest BCUT2D eigenvalue weighted by Gasteiger charge is -2.21. The third kappa shape index (κ3) is 78.2. The summed E-state index contributed by atoms with van der Waals surface area (Å²) < 4.78 is 68.8. The number of aliphatic hydroxyl groups excluding tert-OH is 1. The maximum absolute atomic E-state index is 13.1. The van der Waals surface area contributed by atoms with Crippen molar-refractivity contribution >= 4 is 39.5 Å². The summed E-state index contributed by atoms with van der Waals surface area (Å²) in [5, 5.41) is 10.7. The number of phosphoric ester groups is 2. The van der Waals surface area contributed by atoms with Crippen molar-refractivity contribution in [3.05, 3.63) is 0 Å². The number of carbonyl (C=O) groups excluding carboxylic acids is 4. The highest BCUT2D eigenvalue weighted by atomic mass is 31.2. The van der Waals surface area contributed by atoms with Gasteiger partial charge in [-0.25, -0.2) is 9.13 Å². The summed E-state index contributed by atoms with van der Waals surface area (Å²) in [6.07, 6.45) is 62.6. The number of ether oxygens (including phenoxy) is 4. The summed E-state index contributed by atoms with van der Waals surface area (Å²) >= 11 is 0. The smallest absolute Gasteiger partial charge is 0.462 e. The minimum atomic E-state index is -4.97. The second-order valence-electron chi connectivity index (χ2n) is 32.5. The van der Waals surface area contributed by atoms with Crippen LogP contribution in [-0.4, -0.2) is 96.7 Å². The molecule has 0 rings (SSSR count). The zero-order chi connectivity index (χ0) is 76.7.